The maximum absolute atomic E-state index is 12.2. The molecule has 0 aromatic heterocycles. The summed E-state index contributed by atoms with van der Waals surface area (Å²) in [5.41, 5.74) is 0. The van der Waals surface area contributed by atoms with Crippen molar-refractivity contribution in [1.29, 1.82) is 0 Å². The first-order chi connectivity index (χ1) is 23.6. The summed E-state index contributed by atoms with van der Waals surface area (Å²) in [6.07, 6.45) is 48.9. The van der Waals surface area contributed by atoms with Crippen molar-refractivity contribution in [3.63, 3.8) is 0 Å². The summed E-state index contributed by atoms with van der Waals surface area (Å²) in [5, 5.41) is 9.56. The van der Waals surface area contributed by atoms with Gasteiger partial charge in [-0.15, -0.1) is 0 Å². The smallest absolute Gasteiger partial charge is 0.306 e. The van der Waals surface area contributed by atoms with Crippen LogP contribution in [0.3, 0.4) is 0 Å². The van der Waals surface area contributed by atoms with E-state index in [0.717, 1.165) is 77.0 Å². The standard InChI is InChI=1S/C43H76O5/c1-3-5-7-9-11-13-15-17-19-21-23-25-27-29-31-33-35-37-42(45)47-40-41(39-44)48-43(46)38-36-34-32-30-28-26-24-22-20-18-16-14-12-10-8-6-4-2/h6,8,12,14,18,20,24,26,41,44H,3-5,7,9-11,13,15-17,19,21-23,25,27-40H2,1-2H3/b8-6-,14-12-,20-18-,26-24-. The Labute approximate surface area is 297 Å². The molecule has 0 fully saturated rings. The third kappa shape index (κ3) is 36.7. The van der Waals surface area contributed by atoms with Gasteiger partial charge in [0.2, 0.25) is 0 Å². The van der Waals surface area contributed by atoms with Crippen molar-refractivity contribution in [2.75, 3.05) is 13.2 Å². The van der Waals surface area contributed by atoms with Crippen molar-refractivity contribution in [3.05, 3.63) is 48.6 Å². The topological polar surface area (TPSA) is 72.8 Å². The monoisotopic (exact) mass is 673 g/mol. The Kier molecular flexibility index (Phi) is 37.5. The highest BCUT2D eigenvalue weighted by Gasteiger charge is 2.16. The van der Waals surface area contributed by atoms with E-state index < -0.39 is 6.10 Å². The minimum absolute atomic E-state index is 0.0745. The average molecular weight is 673 g/mol. The number of rotatable bonds is 36. The average Bonchev–Trinajstić information content (AvgIpc) is 3.09. The maximum Gasteiger partial charge on any atom is 0.306 e. The van der Waals surface area contributed by atoms with E-state index in [4.69, 9.17) is 9.47 Å². The van der Waals surface area contributed by atoms with Crippen molar-refractivity contribution < 1.29 is 24.2 Å². The SMILES string of the molecule is CC/C=C\C/C=C\C/C=C\C/C=C\CCCCCCC(=O)OC(CO)COC(=O)CCCCCCCCCCCCCCCCCCC. The van der Waals surface area contributed by atoms with Gasteiger partial charge in [0.25, 0.3) is 0 Å². The van der Waals surface area contributed by atoms with Crippen LogP contribution in [0.25, 0.3) is 0 Å². The van der Waals surface area contributed by atoms with Crippen LogP contribution < -0.4 is 0 Å². The van der Waals surface area contributed by atoms with Gasteiger partial charge in [-0.25, -0.2) is 0 Å². The maximum atomic E-state index is 12.2. The first kappa shape index (κ1) is 45.9. The molecule has 5 nitrogen and oxygen atoms in total. The van der Waals surface area contributed by atoms with E-state index in [0.29, 0.717) is 12.8 Å². The largest absolute Gasteiger partial charge is 0.462 e. The second-order valence-corrected chi connectivity index (χ2v) is 13.3. The molecule has 0 saturated carbocycles. The molecule has 1 atom stereocenters. The molecular formula is C43H76O5. The third-order valence-electron chi connectivity index (χ3n) is 8.64. The molecule has 0 spiro atoms. The van der Waals surface area contributed by atoms with Gasteiger partial charge in [-0.3, -0.25) is 9.59 Å². The van der Waals surface area contributed by atoms with E-state index in [1.807, 2.05) is 0 Å². The highest BCUT2D eigenvalue weighted by Crippen LogP contribution is 2.15. The summed E-state index contributed by atoms with van der Waals surface area (Å²) in [6, 6.07) is 0. The molecule has 0 aliphatic carbocycles. The molecule has 0 radical (unpaired) electrons. The zero-order valence-corrected chi connectivity index (χ0v) is 31.5. The van der Waals surface area contributed by atoms with E-state index in [-0.39, 0.29) is 25.2 Å². The lowest BCUT2D eigenvalue weighted by Crippen LogP contribution is -2.28. The number of unbranched alkanes of at least 4 members (excludes halogenated alkanes) is 20. The Morgan fingerprint density at radius 3 is 1.35 bits per heavy atom. The predicted molar refractivity (Wildman–Crippen MR) is 205 cm³/mol. The van der Waals surface area contributed by atoms with Gasteiger partial charge < -0.3 is 14.6 Å². The second-order valence-electron chi connectivity index (χ2n) is 13.3. The van der Waals surface area contributed by atoms with Gasteiger partial charge in [-0.2, -0.15) is 0 Å². The van der Waals surface area contributed by atoms with Gasteiger partial charge in [0.15, 0.2) is 6.10 Å². The zero-order chi connectivity index (χ0) is 35.0. The van der Waals surface area contributed by atoms with Gasteiger partial charge in [0.05, 0.1) is 6.61 Å². The molecule has 1 unspecified atom stereocenters. The van der Waals surface area contributed by atoms with Crippen LogP contribution >= 0.6 is 0 Å². The van der Waals surface area contributed by atoms with Crippen molar-refractivity contribution in [2.45, 2.75) is 200 Å². The van der Waals surface area contributed by atoms with Gasteiger partial charge in [-0.1, -0.05) is 178 Å². The Hall–Kier alpha value is -2.14. The van der Waals surface area contributed by atoms with Crippen LogP contribution in [0.2, 0.25) is 0 Å². The normalized spacial score (nSPS) is 12.6. The van der Waals surface area contributed by atoms with Crippen molar-refractivity contribution in [1.82, 2.24) is 0 Å². The summed E-state index contributed by atoms with van der Waals surface area (Å²) >= 11 is 0. The van der Waals surface area contributed by atoms with Crippen molar-refractivity contribution in [3.8, 4) is 0 Å². The Balaban J connectivity index is 3.58. The molecule has 0 saturated heterocycles. The summed E-state index contributed by atoms with van der Waals surface area (Å²) in [4.78, 5) is 24.3. The van der Waals surface area contributed by atoms with Gasteiger partial charge in [-0.05, 0) is 51.4 Å². The van der Waals surface area contributed by atoms with Crippen LogP contribution in [0, 0.1) is 0 Å². The Bertz CT molecular complexity index is 812. The fourth-order valence-electron chi connectivity index (χ4n) is 5.60. The first-order valence-electron chi connectivity index (χ1n) is 20.2. The summed E-state index contributed by atoms with van der Waals surface area (Å²) in [5.74, 6) is -0.615. The number of allylic oxidation sites excluding steroid dienone is 8. The first-order valence-corrected chi connectivity index (χ1v) is 20.2. The Morgan fingerprint density at radius 1 is 0.500 bits per heavy atom. The second kappa shape index (κ2) is 39.3. The van der Waals surface area contributed by atoms with Gasteiger partial charge >= 0.3 is 11.9 Å². The highest BCUT2D eigenvalue weighted by atomic mass is 16.6. The lowest BCUT2D eigenvalue weighted by atomic mass is 10.0. The number of carbonyl (C=O) groups excluding carboxylic acids is 2. The third-order valence-corrected chi connectivity index (χ3v) is 8.64. The van der Waals surface area contributed by atoms with Crippen LogP contribution in [-0.4, -0.2) is 36.4 Å². The van der Waals surface area contributed by atoms with Crippen molar-refractivity contribution >= 4 is 11.9 Å². The molecule has 0 aliphatic heterocycles. The number of aliphatic hydroxyl groups excluding tert-OH is 1. The number of esters is 2. The summed E-state index contributed by atoms with van der Waals surface area (Å²) in [6.45, 7) is 4.01. The number of carbonyl (C=O) groups is 2. The minimum Gasteiger partial charge on any atom is -0.462 e. The molecule has 0 amide bonds. The molecule has 0 bridgehead atoms. The predicted octanol–water partition coefficient (Wildman–Crippen LogP) is 12.6. The number of aliphatic hydroxyl groups is 1. The van der Waals surface area contributed by atoms with Crippen LogP contribution in [-0.2, 0) is 19.1 Å². The fraction of sp³-hybridized carbons (Fsp3) is 0.767. The van der Waals surface area contributed by atoms with Crippen LogP contribution in [0.15, 0.2) is 48.6 Å². The van der Waals surface area contributed by atoms with E-state index in [2.05, 4.69) is 62.5 Å². The van der Waals surface area contributed by atoms with E-state index in [9.17, 15) is 14.7 Å². The van der Waals surface area contributed by atoms with E-state index >= 15 is 0 Å². The quantitative estimate of drug-likeness (QED) is 0.0407. The van der Waals surface area contributed by atoms with E-state index in [1.165, 1.54) is 89.9 Å². The van der Waals surface area contributed by atoms with Crippen LogP contribution in [0.5, 0.6) is 0 Å². The molecule has 0 aromatic carbocycles. The molecule has 0 rings (SSSR count). The molecule has 48 heavy (non-hydrogen) atoms. The van der Waals surface area contributed by atoms with E-state index in [1.54, 1.807) is 0 Å². The fourth-order valence-corrected chi connectivity index (χ4v) is 5.60. The van der Waals surface area contributed by atoms with Crippen LogP contribution in [0.4, 0.5) is 0 Å². The number of hydrogen-bond acceptors (Lipinski definition) is 5. The van der Waals surface area contributed by atoms with Crippen LogP contribution in [0.1, 0.15) is 194 Å². The number of hydrogen-bond donors (Lipinski definition) is 1. The molecule has 0 heterocycles. The Morgan fingerprint density at radius 2 is 0.896 bits per heavy atom. The van der Waals surface area contributed by atoms with Crippen molar-refractivity contribution in [2.24, 2.45) is 0 Å². The molecule has 5 heteroatoms. The summed E-state index contributed by atoms with van der Waals surface area (Å²) < 4.78 is 10.6. The highest BCUT2D eigenvalue weighted by molar-refractivity contribution is 5.70. The summed E-state index contributed by atoms with van der Waals surface area (Å²) in [7, 11) is 0. The van der Waals surface area contributed by atoms with Gasteiger partial charge in [0.1, 0.15) is 6.61 Å². The molecule has 278 valence electrons. The molecular weight excluding hydrogens is 596 g/mol. The molecule has 1 N–H and O–H groups in total. The lowest BCUT2D eigenvalue weighted by Gasteiger charge is -2.15. The lowest BCUT2D eigenvalue weighted by molar-refractivity contribution is -0.161. The van der Waals surface area contributed by atoms with Gasteiger partial charge in [0, 0.05) is 12.8 Å². The minimum atomic E-state index is -0.782. The molecule has 0 aromatic rings. The zero-order valence-electron chi connectivity index (χ0n) is 31.5. The number of ether oxygens (including phenoxy) is 2. The molecule has 0 aliphatic rings.